The Balaban J connectivity index is 1.31. The van der Waals surface area contributed by atoms with Crippen molar-refractivity contribution in [1.29, 1.82) is 0 Å². The standard InChI is InChI=1S/C26H27N5O2/c1-30-10-8-23(9-11-30)33-24-5-3-4-19(13-24)26(32)29-25-14-21-12-18(6-7-20(21)15-27-25)22-16-28-31(2)17-22/h3-7,12-17,23H,8-11H2,1-2H3,(H,27,29,32). The monoisotopic (exact) mass is 441 g/mol. The van der Waals surface area contributed by atoms with E-state index in [1.54, 1.807) is 23.0 Å². The fraction of sp³-hybridized carbons (Fsp3) is 0.269. The summed E-state index contributed by atoms with van der Waals surface area (Å²) in [5.41, 5.74) is 2.66. The Morgan fingerprint density at radius 2 is 1.85 bits per heavy atom. The van der Waals surface area contributed by atoms with Gasteiger partial charge in [-0.05, 0) is 61.2 Å². The summed E-state index contributed by atoms with van der Waals surface area (Å²) in [7, 11) is 4.03. The molecule has 1 aliphatic heterocycles. The van der Waals surface area contributed by atoms with E-state index in [0.717, 1.165) is 53.6 Å². The van der Waals surface area contributed by atoms with Crippen LogP contribution in [-0.4, -0.2) is 51.8 Å². The van der Waals surface area contributed by atoms with Gasteiger partial charge in [0.05, 0.1) is 6.20 Å². The Hall–Kier alpha value is -3.71. The highest BCUT2D eigenvalue weighted by Crippen LogP contribution is 2.26. The van der Waals surface area contributed by atoms with Crippen molar-refractivity contribution >= 4 is 22.5 Å². The molecule has 1 N–H and O–H groups in total. The number of ether oxygens (including phenoxy) is 1. The lowest BCUT2D eigenvalue weighted by molar-refractivity contribution is 0.102. The quantitative estimate of drug-likeness (QED) is 0.498. The Labute approximate surface area is 193 Å². The van der Waals surface area contributed by atoms with Crippen LogP contribution in [0.15, 0.2) is 67.1 Å². The van der Waals surface area contributed by atoms with Crippen LogP contribution in [0.1, 0.15) is 23.2 Å². The molecule has 2 aromatic heterocycles. The second-order valence-corrected chi connectivity index (χ2v) is 8.64. The highest BCUT2D eigenvalue weighted by atomic mass is 16.5. The molecule has 33 heavy (non-hydrogen) atoms. The Morgan fingerprint density at radius 3 is 2.64 bits per heavy atom. The minimum atomic E-state index is -0.209. The van der Waals surface area contributed by atoms with Gasteiger partial charge in [-0.3, -0.25) is 9.48 Å². The summed E-state index contributed by atoms with van der Waals surface area (Å²) in [6.07, 6.45) is 7.77. The van der Waals surface area contributed by atoms with E-state index < -0.39 is 0 Å². The zero-order chi connectivity index (χ0) is 22.8. The van der Waals surface area contributed by atoms with E-state index in [-0.39, 0.29) is 12.0 Å². The molecular formula is C26H27N5O2. The molecule has 4 aromatic rings. The molecule has 3 heterocycles. The van der Waals surface area contributed by atoms with E-state index in [1.165, 1.54) is 0 Å². The predicted octanol–water partition coefficient (Wildman–Crippen LogP) is 4.36. The number of carbonyl (C=O) groups is 1. The summed E-state index contributed by atoms with van der Waals surface area (Å²) in [6.45, 7) is 2.06. The molecule has 2 aromatic carbocycles. The third kappa shape index (κ3) is 4.88. The molecule has 0 atom stereocenters. The number of hydrogen-bond acceptors (Lipinski definition) is 5. The van der Waals surface area contributed by atoms with Crippen LogP contribution in [0.2, 0.25) is 0 Å². The first-order valence-electron chi connectivity index (χ1n) is 11.2. The summed E-state index contributed by atoms with van der Waals surface area (Å²) in [5, 5.41) is 9.18. The third-order valence-electron chi connectivity index (χ3n) is 6.07. The van der Waals surface area contributed by atoms with Gasteiger partial charge in [0.25, 0.3) is 5.91 Å². The number of benzene rings is 2. The van der Waals surface area contributed by atoms with E-state index in [2.05, 4.69) is 39.5 Å². The second kappa shape index (κ2) is 9.03. The smallest absolute Gasteiger partial charge is 0.256 e. The Kier molecular flexibility index (Phi) is 5.79. The van der Waals surface area contributed by atoms with E-state index in [9.17, 15) is 4.79 Å². The van der Waals surface area contributed by atoms with Crippen LogP contribution in [-0.2, 0) is 7.05 Å². The molecule has 1 aliphatic rings. The molecule has 5 rings (SSSR count). The van der Waals surface area contributed by atoms with Crippen molar-refractivity contribution in [2.24, 2.45) is 7.05 Å². The van der Waals surface area contributed by atoms with Gasteiger partial charge in [0.15, 0.2) is 0 Å². The van der Waals surface area contributed by atoms with Gasteiger partial charge in [-0.25, -0.2) is 4.98 Å². The predicted molar refractivity (Wildman–Crippen MR) is 129 cm³/mol. The van der Waals surface area contributed by atoms with Crippen LogP contribution in [0, 0.1) is 0 Å². The molecular weight excluding hydrogens is 414 g/mol. The fourth-order valence-corrected chi connectivity index (χ4v) is 4.15. The number of aromatic nitrogens is 3. The van der Waals surface area contributed by atoms with Gasteiger partial charge in [0.2, 0.25) is 0 Å². The highest BCUT2D eigenvalue weighted by Gasteiger charge is 2.18. The number of nitrogens with zero attached hydrogens (tertiary/aromatic N) is 4. The average molecular weight is 442 g/mol. The molecule has 1 amide bonds. The fourth-order valence-electron chi connectivity index (χ4n) is 4.15. The van der Waals surface area contributed by atoms with E-state index >= 15 is 0 Å². The van der Waals surface area contributed by atoms with Crippen molar-refractivity contribution in [3.8, 4) is 16.9 Å². The largest absolute Gasteiger partial charge is 0.490 e. The molecule has 0 bridgehead atoms. The van der Waals surface area contributed by atoms with E-state index in [1.807, 2.05) is 43.7 Å². The zero-order valence-corrected chi connectivity index (χ0v) is 18.9. The maximum absolute atomic E-state index is 12.9. The maximum Gasteiger partial charge on any atom is 0.256 e. The minimum Gasteiger partial charge on any atom is -0.490 e. The van der Waals surface area contributed by atoms with Crippen LogP contribution >= 0.6 is 0 Å². The normalized spacial score (nSPS) is 15.0. The van der Waals surface area contributed by atoms with E-state index in [0.29, 0.717) is 11.4 Å². The first-order chi connectivity index (χ1) is 16.0. The summed E-state index contributed by atoms with van der Waals surface area (Å²) < 4.78 is 7.91. The number of fused-ring (bicyclic) bond motifs is 1. The van der Waals surface area contributed by atoms with Gasteiger partial charge < -0.3 is 15.0 Å². The molecule has 7 nitrogen and oxygen atoms in total. The topological polar surface area (TPSA) is 72.3 Å². The highest BCUT2D eigenvalue weighted by molar-refractivity contribution is 6.04. The van der Waals surface area contributed by atoms with Crippen molar-refractivity contribution in [3.05, 3.63) is 72.7 Å². The Morgan fingerprint density at radius 1 is 1.00 bits per heavy atom. The molecule has 7 heteroatoms. The van der Waals surface area contributed by atoms with Gasteiger partial charge >= 0.3 is 0 Å². The van der Waals surface area contributed by atoms with Crippen LogP contribution in [0.5, 0.6) is 5.75 Å². The number of piperidine rings is 1. The molecule has 0 saturated carbocycles. The second-order valence-electron chi connectivity index (χ2n) is 8.64. The number of pyridine rings is 1. The lowest BCUT2D eigenvalue weighted by Crippen LogP contribution is -2.35. The summed E-state index contributed by atoms with van der Waals surface area (Å²) >= 11 is 0. The summed E-state index contributed by atoms with van der Waals surface area (Å²) in [6, 6.07) is 15.4. The van der Waals surface area contributed by atoms with Crippen LogP contribution < -0.4 is 10.1 Å². The van der Waals surface area contributed by atoms with Gasteiger partial charge in [0, 0.05) is 49.0 Å². The van der Waals surface area contributed by atoms with Crippen LogP contribution in [0.3, 0.4) is 0 Å². The molecule has 0 spiro atoms. The number of likely N-dealkylation sites (tertiary alicyclic amines) is 1. The summed E-state index contributed by atoms with van der Waals surface area (Å²) in [5.74, 6) is 1.03. The first-order valence-corrected chi connectivity index (χ1v) is 11.2. The van der Waals surface area contributed by atoms with Gasteiger partial charge in [-0.1, -0.05) is 18.2 Å². The number of aryl methyl sites for hydroxylation is 1. The van der Waals surface area contributed by atoms with Gasteiger partial charge in [-0.2, -0.15) is 5.10 Å². The maximum atomic E-state index is 12.9. The molecule has 0 aliphatic carbocycles. The van der Waals surface area contributed by atoms with Crippen molar-refractivity contribution in [1.82, 2.24) is 19.7 Å². The molecule has 168 valence electrons. The molecule has 1 fully saturated rings. The van der Waals surface area contributed by atoms with Crippen LogP contribution in [0.25, 0.3) is 21.9 Å². The number of hydrogen-bond donors (Lipinski definition) is 1. The molecule has 1 saturated heterocycles. The number of nitrogens with one attached hydrogen (secondary N) is 1. The number of rotatable bonds is 5. The Bertz CT molecular complexity index is 1290. The van der Waals surface area contributed by atoms with Crippen molar-refractivity contribution in [3.63, 3.8) is 0 Å². The number of amides is 1. The van der Waals surface area contributed by atoms with Crippen molar-refractivity contribution in [2.45, 2.75) is 18.9 Å². The van der Waals surface area contributed by atoms with Gasteiger partial charge in [0.1, 0.15) is 17.7 Å². The lowest BCUT2D eigenvalue weighted by Gasteiger charge is -2.29. The van der Waals surface area contributed by atoms with Gasteiger partial charge in [-0.15, -0.1) is 0 Å². The summed E-state index contributed by atoms with van der Waals surface area (Å²) in [4.78, 5) is 19.6. The SMILES string of the molecule is CN1CCC(Oc2cccc(C(=O)Nc3cc4cc(-c5cnn(C)c5)ccc4cn3)c2)CC1. The van der Waals surface area contributed by atoms with E-state index in [4.69, 9.17) is 4.74 Å². The molecule has 0 unspecified atom stereocenters. The molecule has 0 radical (unpaired) electrons. The van der Waals surface area contributed by atoms with Crippen molar-refractivity contribution < 1.29 is 9.53 Å². The van der Waals surface area contributed by atoms with Crippen LogP contribution in [0.4, 0.5) is 5.82 Å². The number of carbonyl (C=O) groups excluding carboxylic acids is 1. The lowest BCUT2D eigenvalue weighted by atomic mass is 10.1. The first kappa shape index (κ1) is 21.2. The minimum absolute atomic E-state index is 0.190. The zero-order valence-electron chi connectivity index (χ0n) is 18.9. The van der Waals surface area contributed by atoms with Crippen molar-refractivity contribution in [2.75, 3.05) is 25.5 Å². The third-order valence-corrected chi connectivity index (χ3v) is 6.07. The average Bonchev–Trinajstić information content (AvgIpc) is 3.26. The number of anilines is 1.